The Morgan fingerprint density at radius 3 is 2.40 bits per heavy atom. The fraction of sp³-hybridized carbons (Fsp3) is 0.0833. The van der Waals surface area contributed by atoms with Gasteiger partial charge >= 0.3 is 0 Å². The van der Waals surface area contributed by atoms with Gasteiger partial charge in [-0.1, -0.05) is 54.6 Å². The molecule has 0 saturated heterocycles. The van der Waals surface area contributed by atoms with E-state index in [1.54, 1.807) is 12.1 Å². The number of hydrazine groups is 1. The lowest BCUT2D eigenvalue weighted by Crippen LogP contribution is -2.42. The number of carbonyl (C=O) groups excluding carboxylic acids is 2. The molecule has 0 atom stereocenters. The van der Waals surface area contributed by atoms with Crippen molar-refractivity contribution in [3.05, 3.63) is 102 Å². The van der Waals surface area contributed by atoms with Gasteiger partial charge in [0.15, 0.2) is 0 Å². The Morgan fingerprint density at radius 1 is 0.800 bits per heavy atom. The number of ether oxygens (including phenoxy) is 1. The molecule has 1 aromatic heterocycles. The highest BCUT2D eigenvalue weighted by atomic mass is 16.5. The highest BCUT2D eigenvalue weighted by Crippen LogP contribution is 2.18. The number of carbonyl (C=O) groups is 2. The molecular formula is C24H21N3O3. The first-order chi connectivity index (χ1) is 14.7. The average Bonchev–Trinajstić information content (AvgIpc) is 3.20. The standard InChI is InChI=1S/C24H21N3O3/c28-23(14-18-15-25-22-13-7-6-11-20(18)22)26-27-24(29)21-12-5-4-8-17(21)16-30-19-9-2-1-3-10-19/h1-13,15,25H,14,16H2,(H,26,28)(H,27,29). The van der Waals surface area contributed by atoms with E-state index in [9.17, 15) is 9.59 Å². The van der Waals surface area contributed by atoms with E-state index < -0.39 is 5.91 Å². The first-order valence-corrected chi connectivity index (χ1v) is 9.60. The van der Waals surface area contributed by atoms with Gasteiger partial charge in [-0.2, -0.15) is 0 Å². The molecule has 0 unspecified atom stereocenters. The lowest BCUT2D eigenvalue weighted by molar-refractivity contribution is -0.121. The molecule has 3 N–H and O–H groups in total. The van der Waals surface area contributed by atoms with Crippen LogP contribution in [0.15, 0.2) is 85.1 Å². The number of hydrogen-bond donors (Lipinski definition) is 3. The second kappa shape index (κ2) is 8.96. The van der Waals surface area contributed by atoms with Crippen molar-refractivity contribution in [1.82, 2.24) is 15.8 Å². The van der Waals surface area contributed by atoms with Crippen LogP contribution in [0.5, 0.6) is 5.75 Å². The summed E-state index contributed by atoms with van der Waals surface area (Å²) in [5.74, 6) is 0.0281. The number of amides is 2. The molecule has 2 amide bonds. The quantitative estimate of drug-likeness (QED) is 0.432. The fourth-order valence-electron chi connectivity index (χ4n) is 3.23. The second-order valence-corrected chi connectivity index (χ2v) is 6.80. The maximum absolute atomic E-state index is 12.6. The number of para-hydroxylation sites is 2. The van der Waals surface area contributed by atoms with Crippen molar-refractivity contribution in [1.29, 1.82) is 0 Å². The SMILES string of the molecule is O=C(Cc1c[nH]c2ccccc12)NNC(=O)c1ccccc1COc1ccccc1. The van der Waals surface area contributed by atoms with Crippen LogP contribution >= 0.6 is 0 Å². The Bertz CT molecular complexity index is 1170. The van der Waals surface area contributed by atoms with Crippen LogP contribution in [0.4, 0.5) is 0 Å². The molecule has 4 aromatic rings. The molecule has 6 nitrogen and oxygen atoms in total. The second-order valence-electron chi connectivity index (χ2n) is 6.80. The molecule has 6 heteroatoms. The molecule has 150 valence electrons. The Kier molecular flexibility index (Phi) is 5.75. The van der Waals surface area contributed by atoms with Gasteiger partial charge in [-0.25, -0.2) is 0 Å². The van der Waals surface area contributed by atoms with E-state index in [0.29, 0.717) is 5.56 Å². The first-order valence-electron chi connectivity index (χ1n) is 9.60. The molecular weight excluding hydrogens is 378 g/mol. The summed E-state index contributed by atoms with van der Waals surface area (Å²) in [4.78, 5) is 28.1. The monoisotopic (exact) mass is 399 g/mol. The van der Waals surface area contributed by atoms with Crippen molar-refractivity contribution in [3.8, 4) is 5.75 Å². The molecule has 0 aliphatic heterocycles. The van der Waals surface area contributed by atoms with E-state index in [4.69, 9.17) is 4.74 Å². The number of nitrogens with one attached hydrogen (secondary N) is 3. The molecule has 30 heavy (non-hydrogen) atoms. The normalized spacial score (nSPS) is 10.5. The van der Waals surface area contributed by atoms with Crippen molar-refractivity contribution in [2.45, 2.75) is 13.0 Å². The number of fused-ring (bicyclic) bond motifs is 1. The van der Waals surface area contributed by atoms with Gasteiger partial charge in [-0.05, 0) is 29.8 Å². The van der Waals surface area contributed by atoms with Gasteiger partial charge in [-0.3, -0.25) is 20.4 Å². The summed E-state index contributed by atoms with van der Waals surface area (Å²) in [6.07, 6.45) is 1.96. The minimum absolute atomic E-state index is 0.156. The number of benzene rings is 3. The zero-order valence-electron chi connectivity index (χ0n) is 16.2. The van der Waals surface area contributed by atoms with E-state index in [1.165, 1.54) is 0 Å². The molecule has 0 aliphatic rings. The predicted molar refractivity (Wildman–Crippen MR) is 115 cm³/mol. The number of rotatable bonds is 6. The summed E-state index contributed by atoms with van der Waals surface area (Å²) in [6.45, 7) is 0.247. The third-order valence-electron chi connectivity index (χ3n) is 4.74. The number of H-pyrrole nitrogens is 1. The van der Waals surface area contributed by atoms with Crippen LogP contribution in [0.3, 0.4) is 0 Å². The van der Waals surface area contributed by atoms with Gasteiger partial charge in [0.2, 0.25) is 5.91 Å². The molecule has 0 aliphatic carbocycles. The van der Waals surface area contributed by atoms with Crippen molar-refractivity contribution in [3.63, 3.8) is 0 Å². The fourth-order valence-corrected chi connectivity index (χ4v) is 3.23. The molecule has 1 heterocycles. The molecule has 3 aromatic carbocycles. The summed E-state index contributed by atoms with van der Waals surface area (Å²) in [5, 5.41) is 0.988. The van der Waals surface area contributed by atoms with Crippen LogP contribution < -0.4 is 15.6 Å². The van der Waals surface area contributed by atoms with E-state index >= 15 is 0 Å². The van der Waals surface area contributed by atoms with Gasteiger partial charge in [0.05, 0.1) is 6.42 Å². The number of aromatic amines is 1. The van der Waals surface area contributed by atoms with Crippen LogP contribution in [-0.2, 0) is 17.8 Å². The van der Waals surface area contributed by atoms with Gasteiger partial charge in [-0.15, -0.1) is 0 Å². The summed E-state index contributed by atoms with van der Waals surface area (Å²) in [5.41, 5.74) is 8.00. The largest absolute Gasteiger partial charge is 0.489 e. The third-order valence-corrected chi connectivity index (χ3v) is 4.74. The number of hydrogen-bond acceptors (Lipinski definition) is 3. The van der Waals surface area contributed by atoms with Crippen molar-refractivity contribution < 1.29 is 14.3 Å². The van der Waals surface area contributed by atoms with E-state index in [1.807, 2.05) is 72.9 Å². The molecule has 0 bridgehead atoms. The van der Waals surface area contributed by atoms with Gasteiger partial charge < -0.3 is 9.72 Å². The number of aromatic nitrogens is 1. The summed E-state index contributed by atoms with van der Waals surface area (Å²) >= 11 is 0. The summed E-state index contributed by atoms with van der Waals surface area (Å²) < 4.78 is 5.75. The lowest BCUT2D eigenvalue weighted by Gasteiger charge is -2.12. The maximum Gasteiger partial charge on any atom is 0.270 e. The van der Waals surface area contributed by atoms with Crippen LogP contribution in [-0.4, -0.2) is 16.8 Å². The average molecular weight is 399 g/mol. The van der Waals surface area contributed by atoms with Crippen LogP contribution in [0.25, 0.3) is 10.9 Å². The van der Waals surface area contributed by atoms with E-state index in [2.05, 4.69) is 15.8 Å². The zero-order valence-corrected chi connectivity index (χ0v) is 16.2. The smallest absolute Gasteiger partial charge is 0.270 e. The Morgan fingerprint density at radius 2 is 1.53 bits per heavy atom. The van der Waals surface area contributed by atoms with E-state index in [-0.39, 0.29) is 18.9 Å². The highest BCUT2D eigenvalue weighted by Gasteiger charge is 2.13. The summed E-state index contributed by atoms with van der Waals surface area (Å²) in [7, 11) is 0. The molecule has 0 fully saturated rings. The Hall–Kier alpha value is -4.06. The van der Waals surface area contributed by atoms with Gasteiger partial charge in [0.1, 0.15) is 12.4 Å². The molecule has 0 saturated carbocycles. The van der Waals surface area contributed by atoms with Gasteiger partial charge in [0, 0.05) is 28.2 Å². The van der Waals surface area contributed by atoms with Crippen molar-refractivity contribution in [2.75, 3.05) is 0 Å². The maximum atomic E-state index is 12.6. The van der Waals surface area contributed by atoms with Crippen molar-refractivity contribution >= 4 is 22.7 Å². The minimum atomic E-state index is -0.394. The third kappa shape index (κ3) is 4.50. The van der Waals surface area contributed by atoms with Gasteiger partial charge in [0.25, 0.3) is 5.91 Å². The first kappa shape index (κ1) is 19.3. The molecule has 4 rings (SSSR count). The van der Waals surface area contributed by atoms with Crippen LogP contribution in [0.1, 0.15) is 21.5 Å². The zero-order chi connectivity index (χ0) is 20.8. The minimum Gasteiger partial charge on any atom is -0.489 e. The highest BCUT2D eigenvalue weighted by molar-refractivity contribution is 5.97. The van der Waals surface area contributed by atoms with E-state index in [0.717, 1.165) is 27.8 Å². The molecule has 0 spiro atoms. The molecule has 0 radical (unpaired) electrons. The predicted octanol–water partition coefficient (Wildman–Crippen LogP) is 3.75. The topological polar surface area (TPSA) is 83.2 Å². The summed E-state index contributed by atoms with van der Waals surface area (Å²) in [6, 6.07) is 24.3. The van der Waals surface area contributed by atoms with Crippen molar-refractivity contribution in [2.24, 2.45) is 0 Å². The Balaban J connectivity index is 1.36. The lowest BCUT2D eigenvalue weighted by atomic mass is 10.1. The van der Waals surface area contributed by atoms with Crippen LogP contribution in [0, 0.1) is 0 Å². The van der Waals surface area contributed by atoms with Crippen LogP contribution in [0.2, 0.25) is 0 Å². The Labute approximate surface area is 173 Å².